The molecule has 0 fully saturated rings. The fourth-order valence-corrected chi connectivity index (χ4v) is 1.41. The number of hydrogen-bond acceptors (Lipinski definition) is 2. The summed E-state index contributed by atoms with van der Waals surface area (Å²) in [5.74, 6) is 0.369. The minimum absolute atomic E-state index is 0.184. The molecular formula is C12H17F3N4. The molecule has 0 saturated carbocycles. The minimum Gasteiger partial charge on any atom is -0.356 e. The van der Waals surface area contributed by atoms with Gasteiger partial charge in [0.1, 0.15) is 0 Å². The predicted octanol–water partition coefficient (Wildman–Crippen LogP) is 1.74. The molecule has 0 atom stereocenters. The Labute approximate surface area is 110 Å². The van der Waals surface area contributed by atoms with Gasteiger partial charge < -0.3 is 10.6 Å². The number of nitrogens with zero attached hydrogens (tertiary/aromatic N) is 2. The lowest BCUT2D eigenvalue weighted by atomic mass is 10.2. The summed E-state index contributed by atoms with van der Waals surface area (Å²) in [6, 6.07) is 3.78. The zero-order valence-electron chi connectivity index (χ0n) is 10.7. The van der Waals surface area contributed by atoms with Crippen LogP contribution >= 0.6 is 0 Å². The number of guanidine groups is 1. The van der Waals surface area contributed by atoms with Crippen molar-refractivity contribution in [3.8, 4) is 0 Å². The molecule has 1 aromatic heterocycles. The summed E-state index contributed by atoms with van der Waals surface area (Å²) in [7, 11) is 1.52. The van der Waals surface area contributed by atoms with Gasteiger partial charge in [0.15, 0.2) is 5.96 Å². The molecule has 0 amide bonds. The summed E-state index contributed by atoms with van der Waals surface area (Å²) >= 11 is 0. The van der Waals surface area contributed by atoms with Crippen molar-refractivity contribution in [2.45, 2.75) is 19.0 Å². The highest BCUT2D eigenvalue weighted by Gasteiger charge is 2.26. The van der Waals surface area contributed by atoms with Gasteiger partial charge in [-0.25, -0.2) is 0 Å². The van der Waals surface area contributed by atoms with Gasteiger partial charge in [0, 0.05) is 32.5 Å². The fraction of sp³-hybridized carbons (Fsp3) is 0.500. The fourth-order valence-electron chi connectivity index (χ4n) is 1.41. The zero-order valence-corrected chi connectivity index (χ0v) is 10.7. The molecule has 106 valence electrons. The molecule has 0 aliphatic heterocycles. The molecule has 0 saturated heterocycles. The maximum Gasteiger partial charge on any atom is 0.390 e. The average molecular weight is 274 g/mol. The van der Waals surface area contributed by atoms with Gasteiger partial charge in [-0.3, -0.25) is 9.98 Å². The first-order chi connectivity index (χ1) is 9.01. The van der Waals surface area contributed by atoms with E-state index < -0.39 is 12.6 Å². The first kappa shape index (κ1) is 15.3. The summed E-state index contributed by atoms with van der Waals surface area (Å²) in [5.41, 5.74) is 1.06. The summed E-state index contributed by atoms with van der Waals surface area (Å²) in [5, 5.41) is 5.56. The van der Waals surface area contributed by atoms with Gasteiger partial charge in [-0.05, 0) is 18.1 Å². The van der Waals surface area contributed by atoms with Crippen molar-refractivity contribution >= 4 is 5.96 Å². The number of pyridine rings is 1. The van der Waals surface area contributed by atoms with Crippen LogP contribution in [-0.2, 0) is 6.42 Å². The first-order valence-electron chi connectivity index (χ1n) is 5.91. The Morgan fingerprint density at radius 1 is 1.32 bits per heavy atom. The van der Waals surface area contributed by atoms with E-state index in [0.29, 0.717) is 12.5 Å². The van der Waals surface area contributed by atoms with Gasteiger partial charge in [-0.2, -0.15) is 13.2 Å². The van der Waals surface area contributed by atoms with Gasteiger partial charge in [-0.15, -0.1) is 0 Å². The van der Waals surface area contributed by atoms with Crippen LogP contribution in [0.3, 0.4) is 0 Å². The Kier molecular flexibility index (Phi) is 6.11. The van der Waals surface area contributed by atoms with Crippen LogP contribution in [0.2, 0.25) is 0 Å². The van der Waals surface area contributed by atoms with Crippen LogP contribution in [0.25, 0.3) is 0 Å². The quantitative estimate of drug-likeness (QED) is 0.635. The van der Waals surface area contributed by atoms with Crippen LogP contribution < -0.4 is 10.6 Å². The second kappa shape index (κ2) is 7.60. The Bertz CT molecular complexity index is 390. The molecule has 0 aromatic carbocycles. The Hall–Kier alpha value is -1.79. The zero-order chi connectivity index (χ0) is 14.1. The van der Waals surface area contributed by atoms with Crippen LogP contribution in [0.15, 0.2) is 29.5 Å². The van der Waals surface area contributed by atoms with Crippen molar-refractivity contribution in [3.05, 3.63) is 30.1 Å². The van der Waals surface area contributed by atoms with E-state index in [0.717, 1.165) is 12.0 Å². The SMILES string of the molecule is CN=C(NCCc1cccnc1)NCCC(F)(F)F. The number of hydrogen-bond donors (Lipinski definition) is 2. The number of alkyl halides is 3. The highest BCUT2D eigenvalue weighted by Crippen LogP contribution is 2.17. The molecule has 0 spiro atoms. The summed E-state index contributed by atoms with van der Waals surface area (Å²) in [6.45, 7) is 0.396. The molecule has 0 unspecified atom stereocenters. The molecule has 0 radical (unpaired) electrons. The van der Waals surface area contributed by atoms with E-state index in [1.165, 1.54) is 7.05 Å². The van der Waals surface area contributed by atoms with Crippen molar-refractivity contribution in [1.82, 2.24) is 15.6 Å². The lowest BCUT2D eigenvalue weighted by Gasteiger charge is -2.12. The summed E-state index contributed by atoms with van der Waals surface area (Å²) in [4.78, 5) is 7.83. The third-order valence-electron chi connectivity index (χ3n) is 2.35. The molecule has 2 N–H and O–H groups in total. The predicted molar refractivity (Wildman–Crippen MR) is 68.0 cm³/mol. The normalized spacial score (nSPS) is 12.3. The molecular weight excluding hydrogens is 257 g/mol. The minimum atomic E-state index is -4.15. The Morgan fingerprint density at radius 2 is 2.05 bits per heavy atom. The topological polar surface area (TPSA) is 49.3 Å². The number of halogens is 3. The van der Waals surface area contributed by atoms with E-state index in [1.54, 1.807) is 12.4 Å². The van der Waals surface area contributed by atoms with Gasteiger partial charge in [-0.1, -0.05) is 6.07 Å². The van der Waals surface area contributed by atoms with Gasteiger partial charge in [0.2, 0.25) is 0 Å². The highest BCUT2D eigenvalue weighted by molar-refractivity contribution is 5.79. The smallest absolute Gasteiger partial charge is 0.356 e. The van der Waals surface area contributed by atoms with Gasteiger partial charge >= 0.3 is 6.18 Å². The lowest BCUT2D eigenvalue weighted by Crippen LogP contribution is -2.39. The van der Waals surface area contributed by atoms with E-state index in [4.69, 9.17) is 0 Å². The van der Waals surface area contributed by atoms with Crippen molar-refractivity contribution in [3.63, 3.8) is 0 Å². The molecule has 1 aromatic rings. The van der Waals surface area contributed by atoms with E-state index >= 15 is 0 Å². The second-order valence-electron chi connectivity index (χ2n) is 3.90. The molecule has 4 nitrogen and oxygen atoms in total. The number of aliphatic imine (C=N–C) groups is 1. The molecule has 19 heavy (non-hydrogen) atoms. The summed E-state index contributed by atoms with van der Waals surface area (Å²) < 4.78 is 35.9. The number of rotatable bonds is 5. The van der Waals surface area contributed by atoms with E-state index in [9.17, 15) is 13.2 Å². The van der Waals surface area contributed by atoms with E-state index in [1.807, 2.05) is 12.1 Å². The maximum atomic E-state index is 12.0. The van der Waals surface area contributed by atoms with Crippen LogP contribution in [0, 0.1) is 0 Å². The monoisotopic (exact) mass is 274 g/mol. The Morgan fingerprint density at radius 3 is 2.63 bits per heavy atom. The maximum absolute atomic E-state index is 12.0. The molecule has 0 aliphatic carbocycles. The largest absolute Gasteiger partial charge is 0.390 e. The average Bonchev–Trinajstić information content (AvgIpc) is 2.37. The van der Waals surface area contributed by atoms with Crippen LogP contribution in [-0.4, -0.2) is 37.3 Å². The van der Waals surface area contributed by atoms with Gasteiger partial charge in [0.05, 0.1) is 6.42 Å². The Balaban J connectivity index is 2.23. The highest BCUT2D eigenvalue weighted by atomic mass is 19.4. The summed E-state index contributed by atoms with van der Waals surface area (Å²) in [6.07, 6.45) is -0.859. The number of nitrogens with one attached hydrogen (secondary N) is 2. The van der Waals surface area contributed by atoms with Crippen LogP contribution in [0.5, 0.6) is 0 Å². The molecule has 1 rings (SSSR count). The molecule has 7 heteroatoms. The third-order valence-corrected chi connectivity index (χ3v) is 2.35. The van der Waals surface area contributed by atoms with Crippen LogP contribution in [0.4, 0.5) is 13.2 Å². The molecule has 1 heterocycles. The molecule has 0 aliphatic rings. The van der Waals surface area contributed by atoms with E-state index in [-0.39, 0.29) is 6.54 Å². The lowest BCUT2D eigenvalue weighted by molar-refractivity contribution is -0.132. The standard InChI is InChI=1S/C12H17F3N4/c1-16-11(19-8-5-12(13,14)15)18-7-4-10-3-2-6-17-9-10/h2-3,6,9H,4-5,7-8H2,1H3,(H2,16,18,19). The van der Waals surface area contributed by atoms with Gasteiger partial charge in [0.25, 0.3) is 0 Å². The van der Waals surface area contributed by atoms with Crippen molar-refractivity contribution in [2.75, 3.05) is 20.1 Å². The molecule has 0 bridgehead atoms. The van der Waals surface area contributed by atoms with Crippen molar-refractivity contribution in [2.24, 2.45) is 4.99 Å². The second-order valence-corrected chi connectivity index (χ2v) is 3.90. The van der Waals surface area contributed by atoms with Crippen molar-refractivity contribution in [1.29, 1.82) is 0 Å². The van der Waals surface area contributed by atoms with Crippen LogP contribution in [0.1, 0.15) is 12.0 Å². The first-order valence-corrected chi connectivity index (χ1v) is 5.91. The van der Waals surface area contributed by atoms with Crippen molar-refractivity contribution < 1.29 is 13.2 Å². The third kappa shape index (κ3) is 7.28. The van der Waals surface area contributed by atoms with E-state index in [2.05, 4.69) is 20.6 Å². The number of aromatic nitrogens is 1.